The van der Waals surface area contributed by atoms with Gasteiger partial charge in [0, 0.05) is 24.3 Å². The fourth-order valence-corrected chi connectivity index (χ4v) is 1.23. The van der Waals surface area contributed by atoms with E-state index in [1.54, 1.807) is 37.6 Å². The molecule has 0 aliphatic rings. The van der Waals surface area contributed by atoms with Gasteiger partial charge in [0.2, 0.25) is 5.95 Å². The van der Waals surface area contributed by atoms with Crippen molar-refractivity contribution in [3.05, 3.63) is 42.0 Å². The minimum atomic E-state index is -0.212. The van der Waals surface area contributed by atoms with Crippen LogP contribution in [0.3, 0.4) is 0 Å². The predicted octanol–water partition coefficient (Wildman–Crippen LogP) is 1.37. The third-order valence-electron chi connectivity index (χ3n) is 1.98. The number of anilines is 1. The second kappa shape index (κ2) is 3.91. The molecule has 2 aromatic rings. The first-order chi connectivity index (χ1) is 7.27. The van der Waals surface area contributed by atoms with E-state index >= 15 is 0 Å². The molecule has 0 aromatic carbocycles. The summed E-state index contributed by atoms with van der Waals surface area (Å²) in [4.78, 5) is 22.5. The number of aromatic nitrogens is 3. The molecular formula is C10H10N4O. The summed E-state index contributed by atoms with van der Waals surface area (Å²) in [6.45, 7) is 1.79. The SMILES string of the molecule is Cc1ncccc1C(=O)Nc1ncc[nH]1. The van der Waals surface area contributed by atoms with Gasteiger partial charge in [-0.05, 0) is 19.1 Å². The number of H-pyrrole nitrogens is 1. The van der Waals surface area contributed by atoms with Crippen molar-refractivity contribution in [3.63, 3.8) is 0 Å². The van der Waals surface area contributed by atoms with Gasteiger partial charge in [-0.3, -0.25) is 15.1 Å². The van der Waals surface area contributed by atoms with Crippen molar-refractivity contribution in [2.24, 2.45) is 0 Å². The molecule has 0 atom stereocenters. The van der Waals surface area contributed by atoms with E-state index in [9.17, 15) is 4.79 Å². The maximum absolute atomic E-state index is 11.7. The molecule has 0 spiro atoms. The average molecular weight is 202 g/mol. The zero-order chi connectivity index (χ0) is 10.7. The van der Waals surface area contributed by atoms with E-state index in [0.29, 0.717) is 17.2 Å². The van der Waals surface area contributed by atoms with Crippen molar-refractivity contribution in [2.75, 3.05) is 5.32 Å². The van der Waals surface area contributed by atoms with Gasteiger partial charge in [0.05, 0.1) is 5.56 Å². The number of nitrogens with one attached hydrogen (secondary N) is 2. The third-order valence-corrected chi connectivity index (χ3v) is 1.98. The molecule has 0 aliphatic carbocycles. The average Bonchev–Trinajstić information content (AvgIpc) is 2.71. The lowest BCUT2D eigenvalue weighted by molar-refractivity contribution is 0.102. The van der Waals surface area contributed by atoms with Gasteiger partial charge in [-0.15, -0.1) is 0 Å². The number of hydrogen-bond donors (Lipinski definition) is 2. The van der Waals surface area contributed by atoms with Gasteiger partial charge >= 0.3 is 0 Å². The molecule has 0 radical (unpaired) electrons. The van der Waals surface area contributed by atoms with Crippen LogP contribution >= 0.6 is 0 Å². The second-order valence-corrected chi connectivity index (χ2v) is 3.03. The van der Waals surface area contributed by atoms with Crippen LogP contribution in [0.25, 0.3) is 0 Å². The van der Waals surface area contributed by atoms with E-state index in [2.05, 4.69) is 20.3 Å². The van der Waals surface area contributed by atoms with Crippen molar-refractivity contribution in [1.29, 1.82) is 0 Å². The van der Waals surface area contributed by atoms with Crippen molar-refractivity contribution in [2.45, 2.75) is 6.92 Å². The quantitative estimate of drug-likeness (QED) is 0.772. The van der Waals surface area contributed by atoms with Crippen LogP contribution in [-0.2, 0) is 0 Å². The molecule has 5 heteroatoms. The van der Waals surface area contributed by atoms with Gasteiger partial charge in [-0.25, -0.2) is 4.98 Å². The number of aryl methyl sites for hydroxylation is 1. The molecule has 2 aromatic heterocycles. The van der Waals surface area contributed by atoms with Gasteiger partial charge in [-0.2, -0.15) is 0 Å². The Bertz CT molecular complexity index is 464. The third kappa shape index (κ3) is 2.01. The van der Waals surface area contributed by atoms with E-state index in [-0.39, 0.29) is 5.91 Å². The first-order valence-corrected chi connectivity index (χ1v) is 4.50. The Labute approximate surface area is 86.6 Å². The van der Waals surface area contributed by atoms with Crippen LogP contribution in [0.15, 0.2) is 30.7 Å². The number of rotatable bonds is 2. The highest BCUT2D eigenvalue weighted by molar-refractivity contribution is 6.03. The number of imidazole rings is 1. The Balaban J connectivity index is 2.19. The van der Waals surface area contributed by atoms with Crippen LogP contribution < -0.4 is 5.32 Å². The minimum absolute atomic E-state index is 0.212. The second-order valence-electron chi connectivity index (χ2n) is 3.03. The summed E-state index contributed by atoms with van der Waals surface area (Å²) in [5, 5.41) is 2.63. The Kier molecular flexibility index (Phi) is 2.45. The van der Waals surface area contributed by atoms with Crippen LogP contribution in [0.5, 0.6) is 0 Å². The van der Waals surface area contributed by atoms with E-state index in [0.717, 1.165) is 0 Å². The number of nitrogens with zero attached hydrogens (tertiary/aromatic N) is 2. The molecule has 76 valence electrons. The zero-order valence-electron chi connectivity index (χ0n) is 8.19. The molecule has 2 N–H and O–H groups in total. The number of carbonyl (C=O) groups is 1. The Morgan fingerprint density at radius 2 is 2.27 bits per heavy atom. The zero-order valence-corrected chi connectivity index (χ0v) is 8.19. The van der Waals surface area contributed by atoms with Gasteiger partial charge in [0.25, 0.3) is 5.91 Å². The normalized spacial score (nSPS) is 9.93. The monoisotopic (exact) mass is 202 g/mol. The van der Waals surface area contributed by atoms with Crippen LogP contribution in [0.2, 0.25) is 0 Å². The number of carbonyl (C=O) groups excluding carboxylic acids is 1. The Morgan fingerprint density at radius 3 is 2.93 bits per heavy atom. The van der Waals surface area contributed by atoms with Crippen molar-refractivity contribution >= 4 is 11.9 Å². The molecule has 2 heterocycles. The van der Waals surface area contributed by atoms with Gasteiger partial charge in [0.15, 0.2) is 0 Å². The van der Waals surface area contributed by atoms with Gasteiger partial charge in [-0.1, -0.05) is 0 Å². The molecule has 0 fully saturated rings. The lowest BCUT2D eigenvalue weighted by Crippen LogP contribution is -2.14. The van der Waals surface area contributed by atoms with E-state index in [1.165, 1.54) is 0 Å². The number of amides is 1. The Hall–Kier alpha value is -2.17. The molecule has 0 unspecified atom stereocenters. The number of hydrogen-bond acceptors (Lipinski definition) is 3. The fraction of sp³-hybridized carbons (Fsp3) is 0.100. The van der Waals surface area contributed by atoms with Crippen LogP contribution in [0.4, 0.5) is 5.95 Å². The summed E-state index contributed by atoms with van der Waals surface area (Å²) in [6, 6.07) is 3.45. The summed E-state index contributed by atoms with van der Waals surface area (Å²) in [7, 11) is 0. The first-order valence-electron chi connectivity index (χ1n) is 4.50. The standard InChI is InChI=1S/C10H10N4O/c1-7-8(3-2-4-11-7)9(15)14-10-12-5-6-13-10/h2-6H,1H3,(H2,12,13,14,15). The summed E-state index contributed by atoms with van der Waals surface area (Å²) >= 11 is 0. The highest BCUT2D eigenvalue weighted by atomic mass is 16.1. The molecule has 5 nitrogen and oxygen atoms in total. The van der Waals surface area contributed by atoms with E-state index < -0.39 is 0 Å². The molecule has 0 saturated heterocycles. The lowest BCUT2D eigenvalue weighted by atomic mass is 10.2. The Morgan fingerprint density at radius 1 is 1.40 bits per heavy atom. The topological polar surface area (TPSA) is 70.7 Å². The van der Waals surface area contributed by atoms with Crippen LogP contribution in [0.1, 0.15) is 16.1 Å². The van der Waals surface area contributed by atoms with Crippen LogP contribution in [0, 0.1) is 6.92 Å². The van der Waals surface area contributed by atoms with Gasteiger partial charge < -0.3 is 4.98 Å². The van der Waals surface area contributed by atoms with E-state index in [4.69, 9.17) is 0 Å². The largest absolute Gasteiger partial charge is 0.331 e. The summed E-state index contributed by atoms with van der Waals surface area (Å²) in [6.07, 6.45) is 4.87. The summed E-state index contributed by atoms with van der Waals surface area (Å²) in [5.41, 5.74) is 1.25. The van der Waals surface area contributed by atoms with E-state index in [1.807, 2.05) is 0 Å². The van der Waals surface area contributed by atoms with Crippen molar-refractivity contribution in [3.8, 4) is 0 Å². The maximum Gasteiger partial charge on any atom is 0.259 e. The highest BCUT2D eigenvalue weighted by Gasteiger charge is 2.09. The molecule has 0 aliphatic heterocycles. The van der Waals surface area contributed by atoms with Gasteiger partial charge in [0.1, 0.15) is 0 Å². The van der Waals surface area contributed by atoms with Crippen molar-refractivity contribution < 1.29 is 4.79 Å². The molecule has 2 rings (SSSR count). The molecule has 15 heavy (non-hydrogen) atoms. The van der Waals surface area contributed by atoms with Crippen LogP contribution in [-0.4, -0.2) is 20.9 Å². The summed E-state index contributed by atoms with van der Waals surface area (Å²) in [5.74, 6) is 0.221. The molecular weight excluding hydrogens is 192 g/mol. The number of pyridine rings is 1. The highest BCUT2D eigenvalue weighted by Crippen LogP contribution is 2.06. The molecule has 0 bridgehead atoms. The molecule has 1 amide bonds. The number of aromatic amines is 1. The summed E-state index contributed by atoms with van der Waals surface area (Å²) < 4.78 is 0. The fourth-order valence-electron chi connectivity index (χ4n) is 1.23. The van der Waals surface area contributed by atoms with Crippen molar-refractivity contribution in [1.82, 2.24) is 15.0 Å². The molecule has 0 saturated carbocycles. The smallest absolute Gasteiger partial charge is 0.259 e. The predicted molar refractivity (Wildman–Crippen MR) is 55.5 cm³/mol. The maximum atomic E-state index is 11.7. The lowest BCUT2D eigenvalue weighted by Gasteiger charge is -2.03. The minimum Gasteiger partial charge on any atom is -0.331 e. The first kappa shape index (κ1) is 9.39.